The van der Waals surface area contributed by atoms with E-state index >= 15 is 0 Å². The molecule has 1 amide bonds. The summed E-state index contributed by atoms with van der Waals surface area (Å²) < 4.78 is 0. The smallest absolute Gasteiger partial charge is 0.222 e. The molecule has 0 bridgehead atoms. The maximum Gasteiger partial charge on any atom is 0.222 e. The van der Waals surface area contributed by atoms with E-state index < -0.39 is 0 Å². The van der Waals surface area contributed by atoms with Crippen molar-refractivity contribution in [2.75, 3.05) is 13.1 Å². The standard InChI is InChI=1S/C9H18N2OS/c1-3-4-10-8(12)5-9-11-6-7(2)13-9/h7,9,11H,3-6H2,1-2H3,(H,10,12). The minimum Gasteiger partial charge on any atom is -0.356 e. The second-order valence-corrected chi connectivity index (χ2v) is 5.04. The number of hydrogen-bond acceptors (Lipinski definition) is 3. The Balaban J connectivity index is 2.13. The summed E-state index contributed by atoms with van der Waals surface area (Å²) >= 11 is 1.86. The molecule has 76 valence electrons. The SMILES string of the molecule is CCCNC(=O)CC1NCC(C)S1. The third-order valence-electron chi connectivity index (χ3n) is 1.97. The second kappa shape index (κ2) is 5.50. The molecular weight excluding hydrogens is 184 g/mol. The first kappa shape index (κ1) is 10.9. The van der Waals surface area contributed by atoms with Gasteiger partial charge in [-0.1, -0.05) is 13.8 Å². The first-order chi connectivity index (χ1) is 6.22. The Morgan fingerprint density at radius 2 is 2.46 bits per heavy atom. The number of amides is 1. The van der Waals surface area contributed by atoms with E-state index in [1.54, 1.807) is 0 Å². The van der Waals surface area contributed by atoms with Crippen molar-refractivity contribution < 1.29 is 4.79 Å². The highest BCUT2D eigenvalue weighted by atomic mass is 32.2. The molecular formula is C9H18N2OS. The molecule has 1 heterocycles. The number of carbonyl (C=O) groups is 1. The van der Waals surface area contributed by atoms with Crippen molar-refractivity contribution in [1.82, 2.24) is 10.6 Å². The molecule has 1 aliphatic heterocycles. The maximum atomic E-state index is 11.3. The van der Waals surface area contributed by atoms with Crippen molar-refractivity contribution in [1.29, 1.82) is 0 Å². The lowest BCUT2D eigenvalue weighted by molar-refractivity contribution is -0.121. The van der Waals surface area contributed by atoms with Crippen LogP contribution in [0.5, 0.6) is 0 Å². The summed E-state index contributed by atoms with van der Waals surface area (Å²) in [5.74, 6) is 0.168. The van der Waals surface area contributed by atoms with Gasteiger partial charge in [-0.05, 0) is 6.42 Å². The van der Waals surface area contributed by atoms with E-state index in [0.717, 1.165) is 19.5 Å². The van der Waals surface area contributed by atoms with Gasteiger partial charge in [0.25, 0.3) is 0 Å². The van der Waals surface area contributed by atoms with Crippen LogP contribution >= 0.6 is 11.8 Å². The fourth-order valence-electron chi connectivity index (χ4n) is 1.30. The molecule has 4 heteroatoms. The first-order valence-corrected chi connectivity index (χ1v) is 5.82. The molecule has 2 atom stereocenters. The van der Waals surface area contributed by atoms with Gasteiger partial charge in [0.2, 0.25) is 5.91 Å². The average Bonchev–Trinajstić information content (AvgIpc) is 2.48. The van der Waals surface area contributed by atoms with Gasteiger partial charge in [0.15, 0.2) is 0 Å². The van der Waals surface area contributed by atoms with Crippen LogP contribution in [0.15, 0.2) is 0 Å². The van der Waals surface area contributed by atoms with E-state index in [2.05, 4.69) is 24.5 Å². The van der Waals surface area contributed by atoms with Gasteiger partial charge in [-0.15, -0.1) is 11.8 Å². The number of thioether (sulfide) groups is 1. The zero-order valence-corrected chi connectivity index (χ0v) is 9.12. The van der Waals surface area contributed by atoms with E-state index in [4.69, 9.17) is 0 Å². The van der Waals surface area contributed by atoms with Gasteiger partial charge in [0, 0.05) is 18.3 Å². The van der Waals surface area contributed by atoms with E-state index in [0.29, 0.717) is 17.0 Å². The van der Waals surface area contributed by atoms with Crippen LogP contribution in [-0.2, 0) is 4.79 Å². The number of rotatable bonds is 4. The first-order valence-electron chi connectivity index (χ1n) is 4.88. The highest BCUT2D eigenvalue weighted by molar-refractivity contribution is 8.00. The topological polar surface area (TPSA) is 41.1 Å². The molecule has 0 aromatic carbocycles. The summed E-state index contributed by atoms with van der Waals surface area (Å²) in [5.41, 5.74) is 0. The van der Waals surface area contributed by atoms with Gasteiger partial charge in [0.05, 0.1) is 11.8 Å². The second-order valence-electron chi connectivity index (χ2n) is 3.40. The molecule has 0 radical (unpaired) electrons. The Bertz CT molecular complexity index is 175. The fourth-order valence-corrected chi connectivity index (χ4v) is 2.49. The molecule has 1 aliphatic rings. The zero-order chi connectivity index (χ0) is 9.68. The highest BCUT2D eigenvalue weighted by Crippen LogP contribution is 2.23. The van der Waals surface area contributed by atoms with Crippen molar-refractivity contribution in [3.05, 3.63) is 0 Å². The molecule has 0 aromatic heterocycles. The minimum absolute atomic E-state index is 0.168. The highest BCUT2D eigenvalue weighted by Gasteiger charge is 2.22. The Morgan fingerprint density at radius 3 is 3.00 bits per heavy atom. The molecule has 0 saturated carbocycles. The van der Waals surface area contributed by atoms with Crippen molar-refractivity contribution in [2.45, 2.75) is 37.3 Å². The Hall–Kier alpha value is -0.220. The molecule has 0 spiro atoms. The Kier molecular flexibility index (Phi) is 4.59. The van der Waals surface area contributed by atoms with Crippen LogP contribution in [0.4, 0.5) is 0 Å². The largest absolute Gasteiger partial charge is 0.356 e. The van der Waals surface area contributed by atoms with Crippen LogP contribution in [-0.4, -0.2) is 29.6 Å². The van der Waals surface area contributed by atoms with E-state index in [1.807, 2.05) is 11.8 Å². The summed E-state index contributed by atoms with van der Waals surface area (Å²) in [6.45, 7) is 6.06. The lowest BCUT2D eigenvalue weighted by Gasteiger charge is -2.09. The van der Waals surface area contributed by atoms with Crippen LogP contribution in [0, 0.1) is 0 Å². The summed E-state index contributed by atoms with van der Waals surface area (Å²) in [6, 6.07) is 0. The molecule has 2 unspecified atom stereocenters. The molecule has 1 saturated heterocycles. The van der Waals surface area contributed by atoms with Crippen LogP contribution in [0.3, 0.4) is 0 Å². The Morgan fingerprint density at radius 1 is 1.69 bits per heavy atom. The van der Waals surface area contributed by atoms with Crippen molar-refractivity contribution in [2.24, 2.45) is 0 Å². The average molecular weight is 202 g/mol. The molecule has 0 aliphatic carbocycles. The van der Waals surface area contributed by atoms with E-state index in [-0.39, 0.29) is 5.91 Å². The Labute approximate surface area is 84.0 Å². The van der Waals surface area contributed by atoms with E-state index in [1.165, 1.54) is 0 Å². The van der Waals surface area contributed by atoms with Crippen LogP contribution in [0.2, 0.25) is 0 Å². The maximum absolute atomic E-state index is 11.3. The fraction of sp³-hybridized carbons (Fsp3) is 0.889. The van der Waals surface area contributed by atoms with Gasteiger partial charge in [-0.25, -0.2) is 0 Å². The molecule has 0 aromatic rings. The number of hydrogen-bond donors (Lipinski definition) is 2. The molecule has 1 fully saturated rings. The predicted octanol–water partition coefficient (Wildman–Crippen LogP) is 0.954. The number of carbonyl (C=O) groups excluding carboxylic acids is 1. The third kappa shape index (κ3) is 4.00. The van der Waals surface area contributed by atoms with Gasteiger partial charge in [0.1, 0.15) is 0 Å². The van der Waals surface area contributed by atoms with Crippen molar-refractivity contribution >= 4 is 17.7 Å². The number of nitrogens with one attached hydrogen (secondary N) is 2. The molecule has 3 nitrogen and oxygen atoms in total. The van der Waals surface area contributed by atoms with Gasteiger partial charge in [-0.3, -0.25) is 4.79 Å². The summed E-state index contributed by atoms with van der Waals surface area (Å²) in [5, 5.41) is 7.17. The predicted molar refractivity (Wildman–Crippen MR) is 56.8 cm³/mol. The van der Waals surface area contributed by atoms with E-state index in [9.17, 15) is 4.79 Å². The zero-order valence-electron chi connectivity index (χ0n) is 8.30. The van der Waals surface area contributed by atoms with Crippen LogP contribution in [0.1, 0.15) is 26.7 Å². The molecule has 13 heavy (non-hydrogen) atoms. The summed E-state index contributed by atoms with van der Waals surface area (Å²) in [6.07, 6.45) is 1.61. The van der Waals surface area contributed by atoms with Gasteiger partial charge < -0.3 is 10.6 Å². The normalized spacial score (nSPS) is 27.5. The minimum atomic E-state index is 0.168. The van der Waals surface area contributed by atoms with Crippen molar-refractivity contribution in [3.8, 4) is 0 Å². The lowest BCUT2D eigenvalue weighted by atomic mass is 10.3. The van der Waals surface area contributed by atoms with Crippen LogP contribution < -0.4 is 10.6 Å². The molecule has 1 rings (SSSR count). The third-order valence-corrected chi connectivity index (χ3v) is 3.27. The monoisotopic (exact) mass is 202 g/mol. The van der Waals surface area contributed by atoms with Gasteiger partial charge >= 0.3 is 0 Å². The summed E-state index contributed by atoms with van der Waals surface area (Å²) in [4.78, 5) is 11.3. The summed E-state index contributed by atoms with van der Waals surface area (Å²) in [7, 11) is 0. The van der Waals surface area contributed by atoms with Crippen molar-refractivity contribution in [3.63, 3.8) is 0 Å². The lowest BCUT2D eigenvalue weighted by Crippen LogP contribution is -2.31. The quantitative estimate of drug-likeness (QED) is 0.713. The van der Waals surface area contributed by atoms with Gasteiger partial charge in [-0.2, -0.15) is 0 Å². The van der Waals surface area contributed by atoms with Crippen LogP contribution in [0.25, 0.3) is 0 Å². The molecule has 2 N–H and O–H groups in total.